The van der Waals surface area contributed by atoms with Crippen LogP contribution in [0.3, 0.4) is 0 Å². The fourth-order valence-electron chi connectivity index (χ4n) is 2.03. The molecule has 0 saturated carbocycles. The molecule has 1 N–H and O–H groups in total. The lowest BCUT2D eigenvalue weighted by Gasteiger charge is -2.11. The van der Waals surface area contributed by atoms with E-state index < -0.39 is 0 Å². The molecule has 0 amide bonds. The monoisotopic (exact) mass is 275 g/mol. The van der Waals surface area contributed by atoms with E-state index in [4.69, 9.17) is 9.47 Å². The molecule has 0 aliphatic carbocycles. The van der Waals surface area contributed by atoms with Crippen molar-refractivity contribution in [1.29, 1.82) is 0 Å². The van der Waals surface area contributed by atoms with Crippen LogP contribution in [0, 0.1) is 12.7 Å². The van der Waals surface area contributed by atoms with Gasteiger partial charge in [0.2, 0.25) is 0 Å². The fraction of sp³-hybridized carbons (Fsp3) is 0.250. The van der Waals surface area contributed by atoms with E-state index in [1.54, 1.807) is 14.2 Å². The van der Waals surface area contributed by atoms with Crippen LogP contribution in [-0.2, 0) is 6.54 Å². The average molecular weight is 275 g/mol. The summed E-state index contributed by atoms with van der Waals surface area (Å²) in [7, 11) is 3.20. The van der Waals surface area contributed by atoms with E-state index in [0.717, 1.165) is 16.8 Å². The van der Waals surface area contributed by atoms with Crippen LogP contribution in [0.2, 0.25) is 0 Å². The van der Waals surface area contributed by atoms with Crippen molar-refractivity contribution < 1.29 is 13.9 Å². The topological polar surface area (TPSA) is 30.5 Å². The van der Waals surface area contributed by atoms with Crippen molar-refractivity contribution in [3.05, 3.63) is 53.3 Å². The minimum Gasteiger partial charge on any atom is -0.493 e. The summed E-state index contributed by atoms with van der Waals surface area (Å²) < 4.78 is 23.7. The van der Waals surface area contributed by atoms with Crippen molar-refractivity contribution >= 4 is 5.69 Å². The molecule has 106 valence electrons. The molecule has 0 atom stereocenters. The Labute approximate surface area is 118 Å². The van der Waals surface area contributed by atoms with Gasteiger partial charge in [-0.25, -0.2) is 4.39 Å². The van der Waals surface area contributed by atoms with Crippen LogP contribution in [0.5, 0.6) is 11.5 Å². The molecule has 0 fully saturated rings. The van der Waals surface area contributed by atoms with Crippen LogP contribution in [0.4, 0.5) is 10.1 Å². The number of ether oxygens (including phenoxy) is 2. The lowest BCUT2D eigenvalue weighted by molar-refractivity contribution is 0.354. The number of nitrogens with one attached hydrogen (secondary N) is 1. The summed E-state index contributed by atoms with van der Waals surface area (Å²) in [6.45, 7) is 2.45. The van der Waals surface area contributed by atoms with E-state index in [1.165, 1.54) is 12.1 Å². The number of benzene rings is 2. The largest absolute Gasteiger partial charge is 0.493 e. The zero-order chi connectivity index (χ0) is 14.5. The molecule has 2 rings (SSSR count). The van der Waals surface area contributed by atoms with Crippen molar-refractivity contribution in [1.82, 2.24) is 0 Å². The third-order valence-corrected chi connectivity index (χ3v) is 2.99. The van der Waals surface area contributed by atoms with Crippen molar-refractivity contribution in [3.63, 3.8) is 0 Å². The highest BCUT2D eigenvalue weighted by atomic mass is 19.1. The van der Waals surface area contributed by atoms with E-state index in [2.05, 4.69) is 5.32 Å². The van der Waals surface area contributed by atoms with Gasteiger partial charge in [0.15, 0.2) is 11.5 Å². The SMILES string of the molecule is COc1ccc(CNc2cc(C)cc(F)c2)cc1OC. The van der Waals surface area contributed by atoms with Gasteiger partial charge in [-0.2, -0.15) is 0 Å². The highest BCUT2D eigenvalue weighted by Crippen LogP contribution is 2.27. The van der Waals surface area contributed by atoms with Gasteiger partial charge in [-0.05, 0) is 48.4 Å². The highest BCUT2D eigenvalue weighted by molar-refractivity contribution is 5.48. The Balaban J connectivity index is 2.10. The normalized spacial score (nSPS) is 10.2. The van der Waals surface area contributed by atoms with Crippen LogP contribution >= 0.6 is 0 Å². The van der Waals surface area contributed by atoms with Gasteiger partial charge in [0.1, 0.15) is 5.82 Å². The Kier molecular flexibility index (Phi) is 4.45. The Morgan fingerprint density at radius 2 is 1.75 bits per heavy atom. The second kappa shape index (κ2) is 6.28. The van der Waals surface area contributed by atoms with Gasteiger partial charge >= 0.3 is 0 Å². The predicted octanol–water partition coefficient (Wildman–Crippen LogP) is 3.76. The van der Waals surface area contributed by atoms with Crippen LogP contribution in [0.15, 0.2) is 36.4 Å². The predicted molar refractivity (Wildman–Crippen MR) is 78.0 cm³/mol. The standard InChI is InChI=1S/C16H18FNO2/c1-11-6-13(17)9-14(7-11)18-10-12-4-5-15(19-2)16(8-12)20-3/h4-9,18H,10H2,1-3H3. The Morgan fingerprint density at radius 1 is 1.00 bits per heavy atom. The molecule has 0 heterocycles. The van der Waals surface area contributed by atoms with Gasteiger partial charge in [-0.1, -0.05) is 6.07 Å². The lowest BCUT2D eigenvalue weighted by Crippen LogP contribution is -2.01. The summed E-state index contributed by atoms with van der Waals surface area (Å²) in [6.07, 6.45) is 0. The Morgan fingerprint density at radius 3 is 2.40 bits per heavy atom. The zero-order valence-corrected chi connectivity index (χ0v) is 11.9. The van der Waals surface area contributed by atoms with Gasteiger partial charge in [0, 0.05) is 12.2 Å². The van der Waals surface area contributed by atoms with Crippen LogP contribution in [-0.4, -0.2) is 14.2 Å². The smallest absolute Gasteiger partial charge is 0.161 e. The maximum Gasteiger partial charge on any atom is 0.161 e. The van der Waals surface area contributed by atoms with Crippen LogP contribution in [0.25, 0.3) is 0 Å². The molecule has 0 aliphatic heterocycles. The van der Waals surface area contributed by atoms with Crippen molar-refractivity contribution in [2.45, 2.75) is 13.5 Å². The van der Waals surface area contributed by atoms with E-state index in [1.807, 2.05) is 31.2 Å². The first-order valence-corrected chi connectivity index (χ1v) is 6.34. The number of anilines is 1. The van der Waals surface area contributed by atoms with Gasteiger partial charge in [0.25, 0.3) is 0 Å². The second-order valence-electron chi connectivity index (χ2n) is 4.56. The molecular weight excluding hydrogens is 257 g/mol. The molecule has 20 heavy (non-hydrogen) atoms. The number of halogens is 1. The van der Waals surface area contributed by atoms with Crippen LogP contribution < -0.4 is 14.8 Å². The molecule has 3 nitrogen and oxygen atoms in total. The number of rotatable bonds is 5. The zero-order valence-electron chi connectivity index (χ0n) is 11.9. The number of hydrogen-bond donors (Lipinski definition) is 1. The van der Waals surface area contributed by atoms with Gasteiger partial charge in [-0.15, -0.1) is 0 Å². The molecule has 0 radical (unpaired) electrons. The molecule has 0 bridgehead atoms. The highest BCUT2D eigenvalue weighted by Gasteiger charge is 2.05. The molecular formula is C16H18FNO2. The summed E-state index contributed by atoms with van der Waals surface area (Å²) in [5.74, 6) is 1.14. The Bertz CT molecular complexity index is 579. The molecule has 2 aromatic rings. The van der Waals surface area contributed by atoms with Gasteiger partial charge in [0.05, 0.1) is 14.2 Å². The lowest BCUT2D eigenvalue weighted by atomic mass is 10.1. The average Bonchev–Trinajstić information content (AvgIpc) is 2.43. The summed E-state index contributed by atoms with van der Waals surface area (Å²) >= 11 is 0. The third-order valence-electron chi connectivity index (χ3n) is 2.99. The van der Waals surface area contributed by atoms with Crippen molar-refractivity contribution in [3.8, 4) is 11.5 Å². The molecule has 0 saturated heterocycles. The third kappa shape index (κ3) is 3.41. The number of hydrogen-bond acceptors (Lipinski definition) is 3. The second-order valence-corrected chi connectivity index (χ2v) is 4.56. The fourth-order valence-corrected chi connectivity index (χ4v) is 2.03. The van der Waals surface area contributed by atoms with Crippen LogP contribution in [0.1, 0.15) is 11.1 Å². The molecule has 4 heteroatoms. The van der Waals surface area contributed by atoms with Crippen molar-refractivity contribution in [2.75, 3.05) is 19.5 Å². The van der Waals surface area contributed by atoms with Gasteiger partial charge < -0.3 is 14.8 Å². The summed E-state index contributed by atoms with van der Waals surface area (Å²) in [5.41, 5.74) is 2.68. The number of aryl methyl sites for hydroxylation is 1. The summed E-state index contributed by atoms with van der Waals surface area (Å²) in [6, 6.07) is 10.6. The molecule has 0 unspecified atom stereocenters. The molecule has 2 aromatic carbocycles. The first kappa shape index (κ1) is 14.2. The molecule has 0 aromatic heterocycles. The maximum atomic E-state index is 13.3. The van der Waals surface area contributed by atoms with E-state index in [0.29, 0.717) is 18.0 Å². The molecule has 0 spiro atoms. The Hall–Kier alpha value is -2.23. The summed E-state index contributed by atoms with van der Waals surface area (Å²) in [4.78, 5) is 0. The summed E-state index contributed by atoms with van der Waals surface area (Å²) in [5, 5.41) is 3.20. The van der Waals surface area contributed by atoms with Gasteiger partial charge in [-0.3, -0.25) is 0 Å². The maximum absolute atomic E-state index is 13.3. The first-order chi connectivity index (χ1) is 9.62. The van der Waals surface area contributed by atoms with E-state index >= 15 is 0 Å². The number of methoxy groups -OCH3 is 2. The van der Waals surface area contributed by atoms with Crippen molar-refractivity contribution in [2.24, 2.45) is 0 Å². The minimum atomic E-state index is -0.236. The van der Waals surface area contributed by atoms with E-state index in [9.17, 15) is 4.39 Å². The van der Waals surface area contributed by atoms with E-state index in [-0.39, 0.29) is 5.82 Å². The minimum absolute atomic E-state index is 0.236. The molecule has 0 aliphatic rings. The first-order valence-electron chi connectivity index (χ1n) is 6.34. The quantitative estimate of drug-likeness (QED) is 0.901.